The molecule has 0 aliphatic carbocycles. The molecular formula is C16H15BrFNO2. The van der Waals surface area contributed by atoms with Gasteiger partial charge >= 0.3 is 5.97 Å². The number of esters is 1. The zero-order valence-corrected chi connectivity index (χ0v) is 13.3. The van der Waals surface area contributed by atoms with Crippen molar-refractivity contribution in [2.24, 2.45) is 0 Å². The lowest BCUT2D eigenvalue weighted by molar-refractivity contribution is 0.0601. The zero-order valence-electron chi connectivity index (χ0n) is 11.7. The molecule has 0 saturated heterocycles. The lowest BCUT2D eigenvalue weighted by atomic mass is 10.1. The first-order chi connectivity index (χ1) is 10.0. The van der Waals surface area contributed by atoms with Gasteiger partial charge < -0.3 is 10.1 Å². The van der Waals surface area contributed by atoms with Crippen LogP contribution in [0.15, 0.2) is 40.9 Å². The minimum atomic E-state index is -0.388. The van der Waals surface area contributed by atoms with Gasteiger partial charge in [-0.2, -0.15) is 0 Å². The maximum Gasteiger partial charge on any atom is 0.339 e. The number of benzene rings is 2. The number of carbonyl (C=O) groups is 1. The summed E-state index contributed by atoms with van der Waals surface area (Å²) in [5.74, 6) is -0.689. The molecule has 0 radical (unpaired) electrons. The largest absolute Gasteiger partial charge is 0.465 e. The molecule has 0 amide bonds. The fourth-order valence-corrected chi connectivity index (χ4v) is 2.36. The summed E-state index contributed by atoms with van der Waals surface area (Å²) in [6, 6.07) is 10.3. The Morgan fingerprint density at radius 1 is 1.29 bits per heavy atom. The van der Waals surface area contributed by atoms with Crippen LogP contribution in [-0.2, 0) is 11.3 Å². The Balaban J connectivity index is 2.19. The van der Waals surface area contributed by atoms with Crippen molar-refractivity contribution < 1.29 is 13.9 Å². The van der Waals surface area contributed by atoms with Crippen LogP contribution in [0.25, 0.3) is 0 Å². The fourth-order valence-electron chi connectivity index (χ4n) is 1.94. The molecule has 0 aromatic heterocycles. The second-order valence-electron chi connectivity index (χ2n) is 4.64. The number of carbonyl (C=O) groups excluding carboxylic acids is 1. The monoisotopic (exact) mass is 351 g/mol. The van der Waals surface area contributed by atoms with Gasteiger partial charge in [0.2, 0.25) is 0 Å². The number of ether oxygens (including phenoxy) is 1. The van der Waals surface area contributed by atoms with Gasteiger partial charge in [0.15, 0.2) is 0 Å². The molecule has 0 aliphatic rings. The summed E-state index contributed by atoms with van der Waals surface area (Å²) in [6.45, 7) is 2.39. The van der Waals surface area contributed by atoms with Crippen LogP contribution in [0.4, 0.5) is 10.1 Å². The third kappa shape index (κ3) is 3.82. The molecule has 3 nitrogen and oxygen atoms in total. The molecule has 2 aromatic rings. The minimum absolute atomic E-state index is 0.302. The van der Waals surface area contributed by atoms with Gasteiger partial charge in [0.25, 0.3) is 0 Å². The highest BCUT2D eigenvalue weighted by molar-refractivity contribution is 9.10. The molecule has 0 aliphatic heterocycles. The van der Waals surface area contributed by atoms with Gasteiger partial charge in [-0.1, -0.05) is 17.7 Å². The van der Waals surface area contributed by atoms with Crippen LogP contribution in [-0.4, -0.2) is 13.1 Å². The van der Waals surface area contributed by atoms with E-state index in [4.69, 9.17) is 4.74 Å². The molecule has 0 heterocycles. The molecule has 2 aromatic carbocycles. The Morgan fingerprint density at radius 3 is 2.71 bits per heavy atom. The van der Waals surface area contributed by atoms with Crippen molar-refractivity contribution in [3.63, 3.8) is 0 Å². The van der Waals surface area contributed by atoms with Crippen molar-refractivity contribution >= 4 is 27.6 Å². The first-order valence-corrected chi connectivity index (χ1v) is 7.17. The Labute approximate surface area is 131 Å². The molecule has 0 bridgehead atoms. The topological polar surface area (TPSA) is 38.3 Å². The number of anilines is 1. The molecule has 1 N–H and O–H groups in total. The molecule has 0 fully saturated rings. The summed E-state index contributed by atoms with van der Waals surface area (Å²) in [5.41, 5.74) is 3.05. The molecule has 0 unspecified atom stereocenters. The number of nitrogens with one attached hydrogen (secondary N) is 1. The van der Waals surface area contributed by atoms with Crippen LogP contribution < -0.4 is 5.32 Å². The number of hydrogen-bond acceptors (Lipinski definition) is 3. The number of halogens is 2. The Bertz CT molecular complexity index is 673. The predicted octanol–water partition coefficient (Wildman–Crippen LogP) is 4.30. The second kappa shape index (κ2) is 6.72. The minimum Gasteiger partial charge on any atom is -0.465 e. The van der Waals surface area contributed by atoms with Crippen molar-refractivity contribution in [3.8, 4) is 0 Å². The highest BCUT2D eigenvalue weighted by Crippen LogP contribution is 2.21. The van der Waals surface area contributed by atoms with E-state index in [1.165, 1.54) is 13.2 Å². The average Bonchev–Trinajstić information content (AvgIpc) is 2.48. The van der Waals surface area contributed by atoms with Crippen LogP contribution in [0.3, 0.4) is 0 Å². The summed E-state index contributed by atoms with van der Waals surface area (Å²) in [7, 11) is 1.35. The van der Waals surface area contributed by atoms with Crippen molar-refractivity contribution in [3.05, 3.63) is 63.4 Å². The third-order valence-electron chi connectivity index (χ3n) is 3.05. The van der Waals surface area contributed by atoms with E-state index in [9.17, 15) is 9.18 Å². The number of hydrogen-bond donors (Lipinski definition) is 1. The van der Waals surface area contributed by atoms with Gasteiger partial charge in [-0.05, 0) is 52.7 Å². The van der Waals surface area contributed by atoms with Crippen LogP contribution in [0.1, 0.15) is 21.5 Å². The molecule has 0 atom stereocenters. The van der Waals surface area contributed by atoms with E-state index >= 15 is 0 Å². The van der Waals surface area contributed by atoms with E-state index in [1.807, 2.05) is 19.1 Å². The normalized spacial score (nSPS) is 10.3. The Morgan fingerprint density at radius 2 is 2.05 bits per heavy atom. The fraction of sp³-hybridized carbons (Fsp3) is 0.188. The molecular weight excluding hydrogens is 337 g/mol. The van der Waals surface area contributed by atoms with Crippen LogP contribution >= 0.6 is 15.9 Å². The van der Waals surface area contributed by atoms with E-state index in [-0.39, 0.29) is 11.8 Å². The van der Waals surface area contributed by atoms with E-state index < -0.39 is 0 Å². The summed E-state index contributed by atoms with van der Waals surface area (Å²) in [6.07, 6.45) is 0. The Kier molecular flexibility index (Phi) is 4.96. The summed E-state index contributed by atoms with van der Waals surface area (Å²) in [4.78, 5) is 11.8. The highest BCUT2D eigenvalue weighted by Gasteiger charge is 2.12. The van der Waals surface area contributed by atoms with Gasteiger partial charge in [0.1, 0.15) is 5.82 Å². The SMILES string of the molecule is COC(=O)c1cc(C)ccc1NCc1ccc(F)c(Br)c1. The molecule has 21 heavy (non-hydrogen) atoms. The van der Waals surface area contributed by atoms with Crippen molar-refractivity contribution in [2.45, 2.75) is 13.5 Å². The highest BCUT2D eigenvalue weighted by atomic mass is 79.9. The van der Waals surface area contributed by atoms with Gasteiger partial charge in [-0.25, -0.2) is 9.18 Å². The zero-order chi connectivity index (χ0) is 15.4. The van der Waals surface area contributed by atoms with Gasteiger partial charge in [-0.15, -0.1) is 0 Å². The van der Waals surface area contributed by atoms with Gasteiger partial charge in [0, 0.05) is 12.2 Å². The maximum absolute atomic E-state index is 13.2. The van der Waals surface area contributed by atoms with E-state index in [2.05, 4.69) is 21.2 Å². The Hall–Kier alpha value is -1.88. The van der Waals surface area contributed by atoms with E-state index in [0.29, 0.717) is 22.3 Å². The third-order valence-corrected chi connectivity index (χ3v) is 3.66. The van der Waals surface area contributed by atoms with Crippen LogP contribution in [0.2, 0.25) is 0 Å². The average molecular weight is 352 g/mol. The smallest absolute Gasteiger partial charge is 0.339 e. The van der Waals surface area contributed by atoms with Crippen LogP contribution in [0.5, 0.6) is 0 Å². The predicted molar refractivity (Wildman–Crippen MR) is 83.9 cm³/mol. The maximum atomic E-state index is 13.2. The van der Waals surface area contributed by atoms with Gasteiger partial charge in [0.05, 0.1) is 17.1 Å². The summed E-state index contributed by atoms with van der Waals surface area (Å²) in [5, 5.41) is 3.17. The molecule has 110 valence electrons. The molecule has 5 heteroatoms. The standard InChI is InChI=1S/C16H15BrFNO2/c1-10-3-6-15(12(7-10)16(20)21-2)19-9-11-4-5-14(18)13(17)8-11/h3-8,19H,9H2,1-2H3. The lowest BCUT2D eigenvalue weighted by Gasteiger charge is -2.12. The number of aryl methyl sites for hydroxylation is 1. The van der Waals surface area contributed by atoms with Crippen molar-refractivity contribution in [2.75, 3.05) is 12.4 Å². The first-order valence-electron chi connectivity index (χ1n) is 6.38. The number of methoxy groups -OCH3 is 1. The van der Waals surface area contributed by atoms with Gasteiger partial charge in [-0.3, -0.25) is 0 Å². The quantitative estimate of drug-likeness (QED) is 0.834. The van der Waals surface area contributed by atoms with Crippen molar-refractivity contribution in [1.29, 1.82) is 0 Å². The number of rotatable bonds is 4. The van der Waals surface area contributed by atoms with E-state index in [1.54, 1.807) is 18.2 Å². The first kappa shape index (κ1) is 15.5. The van der Waals surface area contributed by atoms with Crippen LogP contribution in [0, 0.1) is 12.7 Å². The van der Waals surface area contributed by atoms with E-state index in [0.717, 1.165) is 11.1 Å². The molecule has 2 rings (SSSR count). The van der Waals surface area contributed by atoms with Crippen molar-refractivity contribution in [1.82, 2.24) is 0 Å². The second-order valence-corrected chi connectivity index (χ2v) is 5.50. The molecule has 0 saturated carbocycles. The lowest BCUT2D eigenvalue weighted by Crippen LogP contribution is -2.08. The summed E-state index contributed by atoms with van der Waals surface area (Å²) >= 11 is 3.15. The molecule has 0 spiro atoms. The summed E-state index contributed by atoms with van der Waals surface area (Å²) < 4.78 is 18.4.